The van der Waals surface area contributed by atoms with Crippen LogP contribution in [-0.2, 0) is 20.7 Å². The van der Waals surface area contributed by atoms with Crippen LogP contribution in [0.1, 0.15) is 15.9 Å². The Bertz CT molecular complexity index is 824. The van der Waals surface area contributed by atoms with Gasteiger partial charge in [-0.3, -0.25) is 19.7 Å². The van der Waals surface area contributed by atoms with E-state index in [1.807, 2.05) is 5.32 Å². The Morgan fingerprint density at radius 2 is 1.67 bits per heavy atom. The van der Waals surface area contributed by atoms with Gasteiger partial charge in [0, 0.05) is 5.56 Å². The summed E-state index contributed by atoms with van der Waals surface area (Å²) in [5, 5.41) is 1.97. The monoisotopic (exact) mass is 381 g/mol. The smallest absolute Gasteiger partial charge is 0.387 e. The highest BCUT2D eigenvalue weighted by atomic mass is 19.3. The van der Waals surface area contributed by atoms with Gasteiger partial charge >= 0.3 is 12.6 Å². The Hall–Kier alpha value is -3.36. The third kappa shape index (κ3) is 6.46. The summed E-state index contributed by atoms with van der Waals surface area (Å²) < 4.78 is 46.4. The third-order valence-electron chi connectivity index (χ3n) is 3.25. The van der Waals surface area contributed by atoms with Crippen molar-refractivity contribution in [2.45, 2.75) is 13.0 Å². The van der Waals surface area contributed by atoms with Crippen molar-refractivity contribution in [1.29, 1.82) is 0 Å². The van der Waals surface area contributed by atoms with E-state index >= 15 is 0 Å². The minimum absolute atomic E-state index is 0.0163. The fraction of sp³-hybridized carbons (Fsp3) is 0.167. The summed E-state index contributed by atoms with van der Waals surface area (Å²) in [5.41, 5.74) is 0.132. The van der Waals surface area contributed by atoms with Gasteiger partial charge in [0.1, 0.15) is 11.6 Å². The quantitative estimate of drug-likeness (QED) is 0.746. The molecule has 0 spiro atoms. The molecule has 0 aliphatic heterocycles. The van der Waals surface area contributed by atoms with Gasteiger partial charge in [0.2, 0.25) is 0 Å². The molecule has 9 heteroatoms. The molecule has 0 atom stereocenters. The van der Waals surface area contributed by atoms with E-state index < -0.39 is 36.8 Å². The van der Waals surface area contributed by atoms with Gasteiger partial charge in [-0.2, -0.15) is 8.78 Å². The molecule has 0 bridgehead atoms. The number of hydrogen-bond donors (Lipinski definition) is 1. The lowest BCUT2D eigenvalue weighted by atomic mass is 10.1. The third-order valence-corrected chi connectivity index (χ3v) is 3.25. The predicted molar refractivity (Wildman–Crippen MR) is 86.6 cm³/mol. The summed E-state index contributed by atoms with van der Waals surface area (Å²) in [7, 11) is 0. The number of hydrogen-bond acceptors (Lipinski definition) is 5. The van der Waals surface area contributed by atoms with Crippen LogP contribution in [0.15, 0.2) is 48.5 Å². The van der Waals surface area contributed by atoms with Gasteiger partial charge in [-0.15, -0.1) is 0 Å². The Balaban J connectivity index is 1.80. The SMILES string of the molecule is O=C(COC(=O)Cc1ccccc1F)NC(=O)c1ccc(OC(F)F)cc1. The summed E-state index contributed by atoms with van der Waals surface area (Å²) >= 11 is 0. The van der Waals surface area contributed by atoms with Crippen LogP contribution < -0.4 is 10.1 Å². The number of ether oxygens (including phenoxy) is 2. The standard InChI is InChI=1S/C18H14F3NO5/c19-14-4-2-1-3-12(14)9-16(24)26-10-15(23)22-17(25)11-5-7-13(8-6-11)27-18(20)21/h1-8,18H,9-10H2,(H,22,23,25). The highest BCUT2D eigenvalue weighted by Gasteiger charge is 2.14. The van der Waals surface area contributed by atoms with E-state index in [9.17, 15) is 27.6 Å². The molecule has 2 rings (SSSR count). The molecule has 2 aromatic carbocycles. The number of imide groups is 1. The van der Waals surface area contributed by atoms with Crippen LogP contribution in [0.3, 0.4) is 0 Å². The van der Waals surface area contributed by atoms with Gasteiger partial charge in [0.25, 0.3) is 11.8 Å². The molecule has 2 amide bonds. The normalized spacial score (nSPS) is 10.4. The first-order valence-corrected chi connectivity index (χ1v) is 7.63. The van der Waals surface area contributed by atoms with Crippen molar-refractivity contribution in [2.75, 3.05) is 6.61 Å². The van der Waals surface area contributed by atoms with E-state index in [-0.39, 0.29) is 23.3 Å². The average molecular weight is 381 g/mol. The van der Waals surface area contributed by atoms with Crippen molar-refractivity contribution in [2.24, 2.45) is 0 Å². The summed E-state index contributed by atoms with van der Waals surface area (Å²) in [6.07, 6.45) is -0.362. The second-order valence-electron chi connectivity index (χ2n) is 5.21. The van der Waals surface area contributed by atoms with Crippen LogP contribution in [0.25, 0.3) is 0 Å². The molecular formula is C18H14F3NO5. The molecule has 0 unspecified atom stereocenters. The van der Waals surface area contributed by atoms with Crippen molar-refractivity contribution in [3.8, 4) is 5.75 Å². The molecule has 0 heterocycles. The number of halogens is 3. The number of esters is 1. The summed E-state index contributed by atoms with van der Waals surface area (Å²) in [6, 6.07) is 10.3. The minimum atomic E-state index is -3.00. The molecule has 0 aromatic heterocycles. The van der Waals surface area contributed by atoms with Crippen LogP contribution in [0.2, 0.25) is 0 Å². The second kappa shape index (κ2) is 9.37. The fourth-order valence-corrected chi connectivity index (χ4v) is 2.02. The Labute approximate surface area is 151 Å². The fourth-order valence-electron chi connectivity index (χ4n) is 2.02. The number of nitrogens with one attached hydrogen (secondary N) is 1. The van der Waals surface area contributed by atoms with Gasteiger partial charge in [-0.05, 0) is 35.9 Å². The molecule has 0 aliphatic carbocycles. The first-order valence-electron chi connectivity index (χ1n) is 7.63. The van der Waals surface area contributed by atoms with Crippen LogP contribution in [-0.4, -0.2) is 31.0 Å². The van der Waals surface area contributed by atoms with Gasteiger partial charge in [0.15, 0.2) is 6.61 Å². The molecule has 0 saturated heterocycles. The molecule has 6 nitrogen and oxygen atoms in total. The number of benzene rings is 2. The highest BCUT2D eigenvalue weighted by molar-refractivity contribution is 6.05. The van der Waals surface area contributed by atoms with Gasteiger partial charge in [-0.1, -0.05) is 18.2 Å². The zero-order valence-electron chi connectivity index (χ0n) is 13.8. The van der Waals surface area contributed by atoms with Gasteiger partial charge in [-0.25, -0.2) is 4.39 Å². The molecule has 0 saturated carbocycles. The number of amides is 2. The van der Waals surface area contributed by atoms with Crippen molar-refractivity contribution < 1.29 is 37.0 Å². The molecule has 2 aromatic rings. The lowest BCUT2D eigenvalue weighted by Crippen LogP contribution is -2.34. The molecule has 0 fully saturated rings. The van der Waals surface area contributed by atoms with Crippen molar-refractivity contribution >= 4 is 17.8 Å². The zero-order chi connectivity index (χ0) is 19.8. The van der Waals surface area contributed by atoms with E-state index in [1.54, 1.807) is 6.07 Å². The predicted octanol–water partition coefficient (Wildman–Crippen LogP) is 2.47. The van der Waals surface area contributed by atoms with E-state index in [0.29, 0.717) is 0 Å². The molecule has 27 heavy (non-hydrogen) atoms. The maximum Gasteiger partial charge on any atom is 0.387 e. The van der Waals surface area contributed by atoms with Crippen LogP contribution in [0.4, 0.5) is 13.2 Å². The zero-order valence-corrected chi connectivity index (χ0v) is 13.8. The highest BCUT2D eigenvalue weighted by Crippen LogP contribution is 2.14. The lowest BCUT2D eigenvalue weighted by molar-refractivity contribution is -0.147. The Morgan fingerprint density at radius 1 is 1.00 bits per heavy atom. The molecular weight excluding hydrogens is 367 g/mol. The Morgan fingerprint density at radius 3 is 2.30 bits per heavy atom. The van der Waals surface area contributed by atoms with Crippen molar-refractivity contribution in [1.82, 2.24) is 5.32 Å². The maximum atomic E-state index is 13.4. The number of carbonyl (C=O) groups excluding carboxylic acids is 3. The topological polar surface area (TPSA) is 81.7 Å². The molecule has 0 aliphatic rings. The summed E-state index contributed by atoms with van der Waals surface area (Å²) in [4.78, 5) is 35.1. The Kier molecular flexibility index (Phi) is 6.93. The molecule has 0 radical (unpaired) electrons. The molecule has 1 N–H and O–H groups in total. The number of rotatable bonds is 7. The van der Waals surface area contributed by atoms with Crippen molar-refractivity contribution in [3.05, 3.63) is 65.5 Å². The first-order chi connectivity index (χ1) is 12.8. The minimum Gasteiger partial charge on any atom is -0.455 e. The van der Waals surface area contributed by atoms with E-state index in [2.05, 4.69) is 9.47 Å². The summed E-state index contributed by atoms with van der Waals surface area (Å²) in [6.45, 7) is -3.73. The molecule has 142 valence electrons. The second-order valence-corrected chi connectivity index (χ2v) is 5.21. The number of alkyl halides is 2. The maximum absolute atomic E-state index is 13.4. The van der Waals surface area contributed by atoms with Crippen LogP contribution in [0.5, 0.6) is 5.75 Å². The largest absolute Gasteiger partial charge is 0.455 e. The number of carbonyl (C=O) groups is 3. The average Bonchev–Trinajstić information content (AvgIpc) is 2.62. The van der Waals surface area contributed by atoms with E-state index in [4.69, 9.17) is 0 Å². The first kappa shape index (κ1) is 20.0. The van der Waals surface area contributed by atoms with E-state index in [1.165, 1.54) is 30.3 Å². The van der Waals surface area contributed by atoms with Crippen LogP contribution in [0, 0.1) is 5.82 Å². The van der Waals surface area contributed by atoms with E-state index in [0.717, 1.165) is 12.1 Å². The van der Waals surface area contributed by atoms with Gasteiger partial charge < -0.3 is 9.47 Å². The van der Waals surface area contributed by atoms with Crippen molar-refractivity contribution in [3.63, 3.8) is 0 Å². The lowest BCUT2D eigenvalue weighted by Gasteiger charge is -2.07. The van der Waals surface area contributed by atoms with Crippen LogP contribution >= 0.6 is 0 Å². The van der Waals surface area contributed by atoms with Gasteiger partial charge in [0.05, 0.1) is 6.42 Å². The summed E-state index contributed by atoms with van der Waals surface area (Å²) in [5.74, 6) is -3.26.